The van der Waals surface area contributed by atoms with Crippen molar-refractivity contribution in [1.82, 2.24) is 0 Å². The van der Waals surface area contributed by atoms with Gasteiger partial charge < -0.3 is 14.2 Å². The molecule has 5 nitrogen and oxygen atoms in total. The minimum atomic E-state index is -2.89. The Hall–Kier alpha value is -3.22. The van der Waals surface area contributed by atoms with Gasteiger partial charge >= 0.3 is 18.6 Å². The van der Waals surface area contributed by atoms with Gasteiger partial charge in [0.1, 0.15) is 11.5 Å². The fraction of sp³-hybridized carbons (Fsp3) is 0.111. The molecule has 2 rings (SSSR count). The third-order valence-electron chi connectivity index (χ3n) is 3.01. The van der Waals surface area contributed by atoms with Gasteiger partial charge in [0.2, 0.25) is 0 Å². The molecule has 2 aromatic rings. The second kappa shape index (κ2) is 8.58. The van der Waals surface area contributed by atoms with Gasteiger partial charge in [0.25, 0.3) is 0 Å². The minimum Gasteiger partial charge on any atom is -0.465 e. The van der Waals surface area contributed by atoms with E-state index in [0.29, 0.717) is 11.1 Å². The van der Waals surface area contributed by atoms with Gasteiger partial charge in [-0.1, -0.05) is 12.1 Å². The van der Waals surface area contributed by atoms with E-state index in [0.717, 1.165) is 0 Å². The summed E-state index contributed by atoms with van der Waals surface area (Å²) in [6.07, 6.45) is 2.66. The third-order valence-corrected chi connectivity index (χ3v) is 3.01. The number of alkyl halides is 2. The van der Waals surface area contributed by atoms with E-state index in [1.54, 1.807) is 0 Å². The topological polar surface area (TPSA) is 61.8 Å². The van der Waals surface area contributed by atoms with E-state index >= 15 is 0 Å². The molecule has 0 spiro atoms. The molecule has 0 fully saturated rings. The molecule has 0 radical (unpaired) electrons. The number of carbonyl (C=O) groups is 2. The number of rotatable bonds is 6. The maximum absolute atomic E-state index is 12.0. The van der Waals surface area contributed by atoms with Crippen molar-refractivity contribution >= 4 is 18.0 Å². The summed E-state index contributed by atoms with van der Waals surface area (Å²) in [6.45, 7) is -2.89. The first-order valence-corrected chi connectivity index (χ1v) is 7.11. The molecule has 7 heteroatoms. The van der Waals surface area contributed by atoms with Crippen molar-refractivity contribution in [2.24, 2.45) is 0 Å². The van der Waals surface area contributed by atoms with E-state index in [1.165, 1.54) is 67.8 Å². The lowest BCUT2D eigenvalue weighted by molar-refractivity contribution is -0.128. The van der Waals surface area contributed by atoms with Crippen molar-refractivity contribution in [3.8, 4) is 11.5 Å². The fourth-order valence-electron chi connectivity index (χ4n) is 1.85. The summed E-state index contributed by atoms with van der Waals surface area (Å²) in [5.41, 5.74) is 0.948. The van der Waals surface area contributed by atoms with Crippen molar-refractivity contribution in [1.29, 1.82) is 0 Å². The number of methoxy groups -OCH3 is 1. The smallest absolute Gasteiger partial charge is 0.387 e. The van der Waals surface area contributed by atoms with E-state index in [1.807, 2.05) is 0 Å². The zero-order valence-electron chi connectivity index (χ0n) is 13.1. The quantitative estimate of drug-likeness (QED) is 0.453. The minimum absolute atomic E-state index is 0.0282. The lowest BCUT2D eigenvalue weighted by Gasteiger charge is -2.04. The first-order valence-electron chi connectivity index (χ1n) is 7.11. The standard InChI is InChI=1S/C18H14F2O5/c1-23-17(22)13-5-9-14(10-6-13)24-16(21)11-4-12-2-7-15(8-3-12)25-18(19)20/h2-11,18H,1H3/b11-4+. The first-order chi connectivity index (χ1) is 12.0. The second-order valence-corrected chi connectivity index (χ2v) is 4.72. The van der Waals surface area contributed by atoms with E-state index in [4.69, 9.17) is 4.74 Å². The highest BCUT2D eigenvalue weighted by atomic mass is 19.3. The maximum atomic E-state index is 12.0. The molecule has 130 valence electrons. The number of halogens is 2. The SMILES string of the molecule is COC(=O)c1ccc(OC(=O)/C=C/c2ccc(OC(F)F)cc2)cc1. The molecule has 0 N–H and O–H groups in total. The van der Waals surface area contributed by atoms with E-state index in [-0.39, 0.29) is 11.5 Å². The van der Waals surface area contributed by atoms with Gasteiger partial charge in [-0.3, -0.25) is 0 Å². The van der Waals surface area contributed by atoms with Crippen LogP contribution in [0, 0.1) is 0 Å². The first kappa shape index (κ1) is 18.1. The lowest BCUT2D eigenvalue weighted by Crippen LogP contribution is -2.05. The lowest BCUT2D eigenvalue weighted by atomic mass is 10.2. The Morgan fingerprint density at radius 2 is 1.56 bits per heavy atom. The van der Waals surface area contributed by atoms with Crippen molar-refractivity contribution in [3.05, 3.63) is 65.7 Å². The predicted octanol–water partition coefficient (Wildman–Crippen LogP) is 3.69. The summed E-state index contributed by atoms with van der Waals surface area (Å²) in [5.74, 6) is -0.820. The zero-order chi connectivity index (χ0) is 18.2. The van der Waals surface area contributed by atoms with Crippen LogP contribution >= 0.6 is 0 Å². The molecule has 0 aliphatic heterocycles. The van der Waals surface area contributed by atoms with Crippen LogP contribution in [0.2, 0.25) is 0 Å². The molecule has 0 aliphatic carbocycles. The molecule has 2 aromatic carbocycles. The number of carbonyl (C=O) groups excluding carboxylic acids is 2. The average Bonchev–Trinajstić information content (AvgIpc) is 2.60. The highest BCUT2D eigenvalue weighted by Gasteiger charge is 2.06. The molecule has 0 bridgehead atoms. The van der Waals surface area contributed by atoms with Crippen LogP contribution in [0.4, 0.5) is 8.78 Å². The summed E-state index contributed by atoms with van der Waals surface area (Å²) < 4.78 is 38.0. The number of hydrogen-bond acceptors (Lipinski definition) is 5. The molecule has 0 saturated heterocycles. The molecule has 0 unspecified atom stereocenters. The van der Waals surface area contributed by atoms with E-state index in [9.17, 15) is 18.4 Å². The molecular weight excluding hydrogens is 334 g/mol. The van der Waals surface area contributed by atoms with E-state index in [2.05, 4.69) is 9.47 Å². The van der Waals surface area contributed by atoms with Gasteiger partial charge in [-0.05, 0) is 48.0 Å². The third kappa shape index (κ3) is 5.72. The molecular formula is C18H14F2O5. The molecule has 0 saturated carbocycles. The zero-order valence-corrected chi connectivity index (χ0v) is 13.1. The van der Waals surface area contributed by atoms with E-state index < -0.39 is 18.6 Å². The van der Waals surface area contributed by atoms with Gasteiger partial charge in [0.15, 0.2) is 0 Å². The summed E-state index contributed by atoms with van der Waals surface area (Å²) in [6, 6.07) is 11.6. The largest absolute Gasteiger partial charge is 0.465 e. The Labute approximate surface area is 142 Å². The average molecular weight is 348 g/mol. The maximum Gasteiger partial charge on any atom is 0.387 e. The van der Waals surface area contributed by atoms with Crippen LogP contribution in [-0.2, 0) is 9.53 Å². The summed E-state index contributed by atoms with van der Waals surface area (Å²) in [7, 11) is 1.27. The normalized spacial score (nSPS) is 10.7. The van der Waals surface area contributed by atoms with Gasteiger partial charge in [-0.2, -0.15) is 8.78 Å². The predicted molar refractivity (Wildman–Crippen MR) is 85.5 cm³/mol. The van der Waals surface area contributed by atoms with Crippen molar-refractivity contribution < 1.29 is 32.6 Å². The Kier molecular flexibility index (Phi) is 6.22. The molecule has 0 aromatic heterocycles. The van der Waals surface area contributed by atoms with Crippen molar-refractivity contribution in [3.63, 3.8) is 0 Å². The van der Waals surface area contributed by atoms with Crippen LogP contribution in [-0.4, -0.2) is 25.7 Å². The molecule has 0 amide bonds. The molecule has 0 heterocycles. The monoisotopic (exact) mass is 348 g/mol. The summed E-state index contributed by atoms with van der Waals surface area (Å²) in [5, 5.41) is 0. The molecule has 0 aliphatic rings. The van der Waals surface area contributed by atoms with Gasteiger partial charge in [-0.25, -0.2) is 9.59 Å². The second-order valence-electron chi connectivity index (χ2n) is 4.72. The van der Waals surface area contributed by atoms with Crippen LogP contribution < -0.4 is 9.47 Å². The van der Waals surface area contributed by atoms with Crippen LogP contribution in [0.5, 0.6) is 11.5 Å². The van der Waals surface area contributed by atoms with Gasteiger partial charge in [0.05, 0.1) is 12.7 Å². The number of ether oxygens (including phenoxy) is 3. The van der Waals surface area contributed by atoms with Crippen LogP contribution in [0.15, 0.2) is 54.6 Å². The highest BCUT2D eigenvalue weighted by Crippen LogP contribution is 2.16. The van der Waals surface area contributed by atoms with Gasteiger partial charge in [-0.15, -0.1) is 0 Å². The van der Waals surface area contributed by atoms with Crippen LogP contribution in [0.25, 0.3) is 6.08 Å². The van der Waals surface area contributed by atoms with Crippen LogP contribution in [0.3, 0.4) is 0 Å². The Balaban J connectivity index is 1.93. The van der Waals surface area contributed by atoms with Crippen molar-refractivity contribution in [2.75, 3.05) is 7.11 Å². The number of esters is 2. The van der Waals surface area contributed by atoms with Gasteiger partial charge in [0, 0.05) is 6.08 Å². The number of hydrogen-bond donors (Lipinski definition) is 0. The Morgan fingerprint density at radius 3 is 2.12 bits per heavy atom. The Bertz CT molecular complexity index is 752. The highest BCUT2D eigenvalue weighted by molar-refractivity contribution is 5.90. The van der Waals surface area contributed by atoms with Crippen LogP contribution in [0.1, 0.15) is 15.9 Å². The Morgan fingerprint density at radius 1 is 0.960 bits per heavy atom. The summed E-state index contributed by atoms with van der Waals surface area (Å²) >= 11 is 0. The molecule has 25 heavy (non-hydrogen) atoms. The van der Waals surface area contributed by atoms with Crippen molar-refractivity contribution in [2.45, 2.75) is 6.61 Å². The molecule has 0 atom stereocenters. The summed E-state index contributed by atoms with van der Waals surface area (Å²) in [4.78, 5) is 23.0. The number of benzene rings is 2. The fourth-order valence-corrected chi connectivity index (χ4v) is 1.85.